The predicted octanol–water partition coefficient (Wildman–Crippen LogP) is 1.09. The van der Waals surface area contributed by atoms with E-state index in [9.17, 15) is 4.79 Å². The number of amides is 1. The van der Waals surface area contributed by atoms with Crippen LogP contribution in [-0.4, -0.2) is 60.6 Å². The summed E-state index contributed by atoms with van der Waals surface area (Å²) in [5, 5.41) is 4.43. The number of hydrogen-bond donors (Lipinski definition) is 0. The highest BCUT2D eigenvalue weighted by atomic mass is 16.5. The van der Waals surface area contributed by atoms with Crippen LogP contribution in [0.2, 0.25) is 0 Å². The summed E-state index contributed by atoms with van der Waals surface area (Å²) < 4.78 is 12.9. The third-order valence-electron chi connectivity index (χ3n) is 5.55. The lowest BCUT2D eigenvalue weighted by Gasteiger charge is -2.26. The van der Waals surface area contributed by atoms with E-state index in [1.807, 2.05) is 23.6 Å². The summed E-state index contributed by atoms with van der Waals surface area (Å²) in [7, 11) is 3.67. The van der Waals surface area contributed by atoms with E-state index >= 15 is 0 Å². The molecular weight excluding hydrogens is 294 g/mol. The molecule has 0 bridgehead atoms. The number of fused-ring (bicyclic) bond motifs is 1. The molecule has 6 heteroatoms. The second-order valence-corrected chi connectivity index (χ2v) is 7.05. The Morgan fingerprint density at radius 3 is 2.91 bits per heavy atom. The minimum Gasteiger partial charge on any atom is -0.384 e. The molecule has 1 aromatic heterocycles. The van der Waals surface area contributed by atoms with Crippen molar-refractivity contribution in [1.29, 1.82) is 0 Å². The van der Waals surface area contributed by atoms with Crippen LogP contribution in [0, 0.1) is 25.2 Å². The lowest BCUT2D eigenvalue weighted by molar-refractivity contribution is -0.131. The Balaban J connectivity index is 1.61. The van der Waals surface area contributed by atoms with Crippen LogP contribution in [0.5, 0.6) is 0 Å². The number of hydrogen-bond acceptors (Lipinski definition) is 4. The number of rotatable bonds is 5. The Kier molecular flexibility index (Phi) is 4.47. The van der Waals surface area contributed by atoms with Crippen LogP contribution in [0.4, 0.5) is 0 Å². The second kappa shape index (κ2) is 6.24. The van der Waals surface area contributed by atoms with Crippen LogP contribution in [0.3, 0.4) is 0 Å². The van der Waals surface area contributed by atoms with E-state index in [1.165, 1.54) is 5.56 Å². The molecule has 1 amide bonds. The Morgan fingerprint density at radius 2 is 2.26 bits per heavy atom. The number of carbonyl (C=O) groups excluding carboxylic acids is 1. The molecule has 23 heavy (non-hydrogen) atoms. The monoisotopic (exact) mass is 321 g/mol. The molecule has 0 spiro atoms. The van der Waals surface area contributed by atoms with Gasteiger partial charge in [-0.1, -0.05) is 0 Å². The maximum absolute atomic E-state index is 12.6. The fourth-order valence-corrected chi connectivity index (χ4v) is 4.08. The van der Waals surface area contributed by atoms with Gasteiger partial charge in [0.25, 0.3) is 0 Å². The van der Waals surface area contributed by atoms with E-state index in [-0.39, 0.29) is 11.3 Å². The molecule has 2 atom stereocenters. The Morgan fingerprint density at radius 1 is 1.48 bits per heavy atom. The average molecular weight is 321 g/mol. The topological polar surface area (TPSA) is 56.6 Å². The molecule has 2 fully saturated rings. The van der Waals surface area contributed by atoms with E-state index in [1.54, 1.807) is 7.11 Å². The minimum atomic E-state index is 0.00451. The van der Waals surface area contributed by atoms with Crippen LogP contribution in [0.25, 0.3) is 0 Å². The van der Waals surface area contributed by atoms with Crippen molar-refractivity contribution in [2.75, 3.05) is 40.0 Å². The Labute approximate surface area is 137 Å². The fourth-order valence-electron chi connectivity index (χ4n) is 4.08. The van der Waals surface area contributed by atoms with Gasteiger partial charge < -0.3 is 14.4 Å². The van der Waals surface area contributed by atoms with Crippen molar-refractivity contribution < 1.29 is 14.3 Å². The van der Waals surface area contributed by atoms with E-state index in [0.717, 1.165) is 37.5 Å². The number of methoxy groups -OCH3 is 1. The van der Waals surface area contributed by atoms with Crippen LogP contribution in [-0.2, 0) is 27.7 Å². The van der Waals surface area contributed by atoms with Gasteiger partial charge in [-0.3, -0.25) is 9.48 Å². The van der Waals surface area contributed by atoms with Gasteiger partial charge in [-0.05, 0) is 25.8 Å². The van der Waals surface area contributed by atoms with Gasteiger partial charge in [-0.15, -0.1) is 0 Å². The van der Waals surface area contributed by atoms with E-state index in [0.29, 0.717) is 25.6 Å². The Bertz CT molecular complexity index is 598. The highest BCUT2D eigenvalue weighted by Crippen LogP contribution is 2.41. The Hall–Kier alpha value is -1.40. The molecule has 0 radical (unpaired) electrons. The highest BCUT2D eigenvalue weighted by molar-refractivity contribution is 5.77. The van der Waals surface area contributed by atoms with Gasteiger partial charge in [0.1, 0.15) is 0 Å². The number of ether oxygens (including phenoxy) is 2. The molecule has 1 aromatic rings. The lowest BCUT2D eigenvalue weighted by Crippen LogP contribution is -2.37. The van der Waals surface area contributed by atoms with Gasteiger partial charge in [-0.25, -0.2) is 0 Å². The molecule has 6 nitrogen and oxygen atoms in total. The summed E-state index contributed by atoms with van der Waals surface area (Å²) in [6, 6.07) is 0. The summed E-state index contributed by atoms with van der Waals surface area (Å²) in [6.07, 6.45) is 1.31. The maximum Gasteiger partial charge on any atom is 0.222 e. The summed E-state index contributed by atoms with van der Waals surface area (Å²) in [5.74, 6) is 0.644. The predicted molar refractivity (Wildman–Crippen MR) is 86.2 cm³/mol. The van der Waals surface area contributed by atoms with E-state index in [2.05, 4.69) is 12.0 Å². The van der Waals surface area contributed by atoms with Gasteiger partial charge in [-0.2, -0.15) is 5.10 Å². The average Bonchev–Trinajstić information content (AvgIpc) is 3.10. The quantitative estimate of drug-likeness (QED) is 0.815. The molecule has 128 valence electrons. The zero-order chi connectivity index (χ0) is 16.6. The molecule has 0 unspecified atom stereocenters. The molecule has 0 N–H and O–H groups in total. The van der Waals surface area contributed by atoms with Crippen LogP contribution in [0.15, 0.2) is 0 Å². The van der Waals surface area contributed by atoms with Crippen molar-refractivity contribution in [1.82, 2.24) is 14.7 Å². The normalized spacial score (nSPS) is 26.8. The minimum absolute atomic E-state index is 0.00451. The van der Waals surface area contributed by atoms with Gasteiger partial charge in [0.15, 0.2) is 0 Å². The molecular formula is C17H27N3O3. The standard InChI is InChI=1S/C17H27N3O3/c1-12-15(13(2)19(3)18-12)5-6-16(21)20-7-14-8-23-11-17(14,9-20)10-22-4/h14H,5-11H2,1-4H3/t14-,17-/m0/s1. The fraction of sp³-hybridized carbons (Fsp3) is 0.765. The first kappa shape index (κ1) is 16.5. The maximum atomic E-state index is 12.6. The van der Waals surface area contributed by atoms with Crippen molar-refractivity contribution in [2.45, 2.75) is 26.7 Å². The largest absolute Gasteiger partial charge is 0.384 e. The van der Waals surface area contributed by atoms with Gasteiger partial charge in [0.2, 0.25) is 5.91 Å². The van der Waals surface area contributed by atoms with Crippen LogP contribution >= 0.6 is 0 Å². The second-order valence-electron chi connectivity index (χ2n) is 7.05. The summed E-state index contributed by atoms with van der Waals surface area (Å²) in [6.45, 7) is 7.75. The third-order valence-corrected chi connectivity index (χ3v) is 5.55. The van der Waals surface area contributed by atoms with Crippen molar-refractivity contribution in [3.8, 4) is 0 Å². The molecule has 0 aliphatic carbocycles. The van der Waals surface area contributed by atoms with Crippen LogP contribution in [0.1, 0.15) is 23.4 Å². The molecule has 0 saturated carbocycles. The van der Waals surface area contributed by atoms with Crippen LogP contribution < -0.4 is 0 Å². The first-order valence-electron chi connectivity index (χ1n) is 8.30. The number of carbonyl (C=O) groups is 1. The highest BCUT2D eigenvalue weighted by Gasteiger charge is 2.51. The number of aromatic nitrogens is 2. The first-order valence-corrected chi connectivity index (χ1v) is 8.30. The van der Waals surface area contributed by atoms with Gasteiger partial charge in [0, 0.05) is 50.7 Å². The molecule has 0 aromatic carbocycles. The SMILES string of the molecule is COC[C@@]12COC[C@@H]1CN(C(=O)CCc1c(C)nn(C)c1C)C2. The van der Waals surface area contributed by atoms with Crippen molar-refractivity contribution in [2.24, 2.45) is 18.4 Å². The molecule has 3 rings (SSSR count). The molecule has 2 aliphatic rings. The smallest absolute Gasteiger partial charge is 0.222 e. The number of nitrogens with zero attached hydrogens (tertiary/aromatic N) is 3. The van der Waals surface area contributed by atoms with Crippen molar-refractivity contribution >= 4 is 5.91 Å². The third kappa shape index (κ3) is 2.90. The number of aryl methyl sites for hydroxylation is 2. The lowest BCUT2D eigenvalue weighted by atomic mass is 9.82. The summed E-state index contributed by atoms with van der Waals surface area (Å²) in [4.78, 5) is 14.6. The van der Waals surface area contributed by atoms with E-state index in [4.69, 9.17) is 9.47 Å². The van der Waals surface area contributed by atoms with Gasteiger partial charge in [0.05, 0.1) is 25.5 Å². The zero-order valence-electron chi connectivity index (χ0n) is 14.6. The zero-order valence-corrected chi connectivity index (χ0v) is 14.6. The molecule has 3 heterocycles. The summed E-state index contributed by atoms with van der Waals surface area (Å²) >= 11 is 0. The van der Waals surface area contributed by atoms with Gasteiger partial charge >= 0.3 is 0 Å². The molecule has 2 aliphatic heterocycles. The summed E-state index contributed by atoms with van der Waals surface area (Å²) in [5.41, 5.74) is 3.39. The van der Waals surface area contributed by atoms with E-state index < -0.39 is 0 Å². The van der Waals surface area contributed by atoms with Crippen molar-refractivity contribution in [3.63, 3.8) is 0 Å². The molecule has 2 saturated heterocycles. The first-order chi connectivity index (χ1) is 11.0. The van der Waals surface area contributed by atoms with Crippen molar-refractivity contribution in [3.05, 3.63) is 17.0 Å². The number of likely N-dealkylation sites (tertiary alicyclic amines) is 1.